The summed E-state index contributed by atoms with van der Waals surface area (Å²) < 4.78 is 38.2. The van der Waals surface area contributed by atoms with Gasteiger partial charge in [0.25, 0.3) is 21.8 Å². The normalized spacial score (nSPS) is 10.8. The number of ether oxygens (including phenoxy) is 2. The summed E-state index contributed by atoms with van der Waals surface area (Å²) in [6.07, 6.45) is 0. The Morgan fingerprint density at radius 3 is 2.41 bits per heavy atom. The van der Waals surface area contributed by atoms with Crippen LogP contribution in [0.4, 0.5) is 5.69 Å². The average Bonchev–Trinajstić information content (AvgIpc) is 3.34. The quantitative estimate of drug-likeness (QED) is 0.431. The van der Waals surface area contributed by atoms with Crippen molar-refractivity contribution in [3.05, 3.63) is 71.1 Å². The first kappa shape index (κ1) is 23.1. The molecule has 2 amide bonds. The molecule has 11 heteroatoms. The molecular formula is C21H21N3O6S2. The fourth-order valence-corrected chi connectivity index (χ4v) is 4.79. The van der Waals surface area contributed by atoms with Crippen LogP contribution in [0, 0.1) is 0 Å². The molecule has 32 heavy (non-hydrogen) atoms. The van der Waals surface area contributed by atoms with Crippen LogP contribution in [0.3, 0.4) is 0 Å². The van der Waals surface area contributed by atoms with E-state index in [2.05, 4.69) is 15.6 Å². The highest BCUT2D eigenvalue weighted by Gasteiger charge is 2.20. The largest absolute Gasteiger partial charge is 0.493 e. The van der Waals surface area contributed by atoms with Gasteiger partial charge in [0.2, 0.25) is 0 Å². The van der Waals surface area contributed by atoms with Gasteiger partial charge in [-0.05, 0) is 48.7 Å². The standard InChI is InChI=1S/C21H21N3O6S2/c1-3-30-17-11-10-14(13-18(17)29-2)20(25)22-23-21(26)15-7-4-5-8-16(15)24-32(27,28)19-9-6-12-31-19/h4-13,24H,3H2,1-2H3,(H,22,25)(H,23,26). The van der Waals surface area contributed by atoms with Crippen LogP contribution in [0.2, 0.25) is 0 Å². The molecule has 0 unspecified atom stereocenters. The zero-order valence-corrected chi connectivity index (χ0v) is 18.9. The van der Waals surface area contributed by atoms with Gasteiger partial charge in [-0.25, -0.2) is 8.42 Å². The Bertz CT molecular complexity index is 1210. The highest BCUT2D eigenvalue weighted by atomic mass is 32.2. The highest BCUT2D eigenvalue weighted by molar-refractivity contribution is 7.94. The number of benzene rings is 2. The summed E-state index contributed by atoms with van der Waals surface area (Å²) >= 11 is 1.05. The molecule has 9 nitrogen and oxygen atoms in total. The molecule has 1 aromatic heterocycles. The third-order valence-electron chi connectivity index (χ3n) is 4.19. The van der Waals surface area contributed by atoms with Crippen LogP contribution in [0.25, 0.3) is 0 Å². The fourth-order valence-electron chi connectivity index (χ4n) is 2.72. The lowest BCUT2D eigenvalue weighted by atomic mass is 10.2. The summed E-state index contributed by atoms with van der Waals surface area (Å²) in [5.41, 5.74) is 4.95. The maximum Gasteiger partial charge on any atom is 0.271 e. The first-order valence-corrected chi connectivity index (χ1v) is 11.8. The molecule has 168 valence electrons. The topological polar surface area (TPSA) is 123 Å². The molecule has 0 spiro atoms. The van der Waals surface area contributed by atoms with E-state index >= 15 is 0 Å². The summed E-state index contributed by atoms with van der Waals surface area (Å²) in [5.74, 6) is -0.418. The summed E-state index contributed by atoms with van der Waals surface area (Å²) in [6, 6.07) is 13.7. The van der Waals surface area contributed by atoms with Gasteiger partial charge < -0.3 is 9.47 Å². The van der Waals surface area contributed by atoms with Crippen LogP contribution in [-0.4, -0.2) is 33.9 Å². The first-order chi connectivity index (χ1) is 15.4. The minimum atomic E-state index is -3.84. The van der Waals surface area contributed by atoms with Crippen molar-refractivity contribution in [2.24, 2.45) is 0 Å². The Kier molecular flexibility index (Phi) is 7.33. The number of para-hydroxylation sites is 1. The van der Waals surface area contributed by atoms with Gasteiger partial charge in [-0.15, -0.1) is 11.3 Å². The SMILES string of the molecule is CCOc1ccc(C(=O)NNC(=O)c2ccccc2NS(=O)(=O)c2cccs2)cc1OC. The molecular weight excluding hydrogens is 454 g/mol. The minimum absolute atomic E-state index is 0.0391. The highest BCUT2D eigenvalue weighted by Crippen LogP contribution is 2.28. The summed E-state index contributed by atoms with van der Waals surface area (Å²) in [6.45, 7) is 2.27. The van der Waals surface area contributed by atoms with E-state index in [1.165, 1.54) is 37.4 Å². The third-order valence-corrected chi connectivity index (χ3v) is 6.95. The number of nitrogens with one attached hydrogen (secondary N) is 3. The van der Waals surface area contributed by atoms with Gasteiger partial charge in [-0.1, -0.05) is 18.2 Å². The van der Waals surface area contributed by atoms with E-state index in [0.717, 1.165) is 11.3 Å². The number of hydrogen-bond acceptors (Lipinski definition) is 7. The van der Waals surface area contributed by atoms with Gasteiger partial charge in [0, 0.05) is 5.56 Å². The Labute approximate surface area is 189 Å². The Morgan fingerprint density at radius 1 is 0.969 bits per heavy atom. The van der Waals surface area contributed by atoms with E-state index in [0.29, 0.717) is 18.1 Å². The number of amides is 2. The summed E-state index contributed by atoms with van der Waals surface area (Å²) in [5, 5.41) is 1.64. The van der Waals surface area contributed by atoms with Gasteiger partial charge in [-0.2, -0.15) is 0 Å². The van der Waals surface area contributed by atoms with E-state index in [-0.39, 0.29) is 21.0 Å². The van der Waals surface area contributed by atoms with Gasteiger partial charge in [0.05, 0.1) is 25.0 Å². The number of sulfonamides is 1. The molecule has 1 heterocycles. The molecule has 0 aliphatic rings. The molecule has 0 aliphatic carbocycles. The lowest BCUT2D eigenvalue weighted by molar-refractivity contribution is 0.0847. The minimum Gasteiger partial charge on any atom is -0.493 e. The number of thiophene rings is 1. The molecule has 0 bridgehead atoms. The second-order valence-corrected chi connectivity index (χ2v) is 9.15. The number of carbonyl (C=O) groups is 2. The van der Waals surface area contributed by atoms with Crippen LogP contribution in [0.1, 0.15) is 27.6 Å². The molecule has 0 saturated heterocycles. The maximum atomic E-state index is 12.6. The third kappa shape index (κ3) is 5.37. The lowest BCUT2D eigenvalue weighted by Crippen LogP contribution is -2.41. The van der Waals surface area contributed by atoms with Gasteiger partial charge in [-0.3, -0.25) is 25.2 Å². The number of carbonyl (C=O) groups excluding carboxylic acids is 2. The van der Waals surface area contributed by atoms with Gasteiger partial charge in [0.15, 0.2) is 11.5 Å². The number of anilines is 1. The monoisotopic (exact) mass is 475 g/mol. The molecule has 0 saturated carbocycles. The van der Waals surface area contributed by atoms with E-state index in [1.54, 1.807) is 29.6 Å². The smallest absolute Gasteiger partial charge is 0.271 e. The first-order valence-electron chi connectivity index (χ1n) is 9.42. The lowest BCUT2D eigenvalue weighted by Gasteiger charge is -2.13. The molecule has 0 fully saturated rings. The van der Waals surface area contributed by atoms with Crippen LogP contribution in [0.5, 0.6) is 11.5 Å². The number of methoxy groups -OCH3 is 1. The van der Waals surface area contributed by atoms with Crippen LogP contribution < -0.4 is 25.0 Å². The number of rotatable bonds is 8. The van der Waals surface area contributed by atoms with E-state index in [4.69, 9.17) is 9.47 Å². The van der Waals surface area contributed by atoms with E-state index in [9.17, 15) is 18.0 Å². The molecule has 2 aromatic carbocycles. The van der Waals surface area contributed by atoms with Crippen molar-refractivity contribution >= 4 is 38.9 Å². The van der Waals surface area contributed by atoms with Gasteiger partial charge in [0.1, 0.15) is 4.21 Å². The Morgan fingerprint density at radius 2 is 1.72 bits per heavy atom. The molecule has 0 atom stereocenters. The predicted octanol–water partition coefficient (Wildman–Crippen LogP) is 3.03. The van der Waals surface area contributed by atoms with Crippen molar-refractivity contribution in [1.82, 2.24) is 10.9 Å². The van der Waals surface area contributed by atoms with Crippen molar-refractivity contribution in [2.75, 3.05) is 18.4 Å². The van der Waals surface area contributed by atoms with Crippen molar-refractivity contribution < 1.29 is 27.5 Å². The predicted molar refractivity (Wildman–Crippen MR) is 121 cm³/mol. The zero-order chi connectivity index (χ0) is 23.1. The maximum absolute atomic E-state index is 12.6. The summed E-state index contributed by atoms with van der Waals surface area (Å²) in [7, 11) is -2.39. The second kappa shape index (κ2) is 10.2. The van der Waals surface area contributed by atoms with Crippen LogP contribution in [0.15, 0.2) is 64.2 Å². The number of hydrogen-bond donors (Lipinski definition) is 3. The van der Waals surface area contributed by atoms with Crippen molar-refractivity contribution in [3.63, 3.8) is 0 Å². The zero-order valence-electron chi connectivity index (χ0n) is 17.2. The average molecular weight is 476 g/mol. The molecule has 3 N–H and O–H groups in total. The van der Waals surface area contributed by atoms with Crippen molar-refractivity contribution in [2.45, 2.75) is 11.1 Å². The van der Waals surface area contributed by atoms with Crippen LogP contribution in [-0.2, 0) is 10.0 Å². The van der Waals surface area contributed by atoms with Crippen LogP contribution >= 0.6 is 11.3 Å². The molecule has 3 rings (SSSR count). The molecule has 0 aliphatic heterocycles. The van der Waals surface area contributed by atoms with Crippen molar-refractivity contribution in [1.29, 1.82) is 0 Å². The van der Waals surface area contributed by atoms with E-state index in [1.807, 2.05) is 6.92 Å². The Hall–Kier alpha value is -3.57. The fraction of sp³-hybridized carbons (Fsp3) is 0.143. The summed E-state index contributed by atoms with van der Waals surface area (Å²) in [4.78, 5) is 25.1. The Balaban J connectivity index is 1.71. The second-order valence-electron chi connectivity index (χ2n) is 6.29. The number of hydrazine groups is 1. The van der Waals surface area contributed by atoms with E-state index < -0.39 is 21.8 Å². The van der Waals surface area contributed by atoms with Crippen molar-refractivity contribution in [3.8, 4) is 11.5 Å². The van der Waals surface area contributed by atoms with Gasteiger partial charge >= 0.3 is 0 Å². The molecule has 0 radical (unpaired) electrons. The molecule has 3 aromatic rings.